The van der Waals surface area contributed by atoms with Gasteiger partial charge in [0.05, 0.1) is 6.54 Å². The molecule has 1 aromatic rings. The lowest BCUT2D eigenvalue weighted by atomic mass is 9.83. The Labute approximate surface area is 137 Å². The summed E-state index contributed by atoms with van der Waals surface area (Å²) in [4.78, 5) is 15.3. The van der Waals surface area contributed by atoms with E-state index in [-0.39, 0.29) is 5.76 Å². The van der Waals surface area contributed by atoms with Crippen molar-refractivity contribution in [2.75, 3.05) is 7.05 Å². The minimum atomic E-state index is -0.553. The first-order valence-electron chi connectivity index (χ1n) is 8.48. The van der Waals surface area contributed by atoms with Crippen molar-refractivity contribution in [3.63, 3.8) is 0 Å². The molecule has 1 heterocycles. The second-order valence-electron chi connectivity index (χ2n) is 6.21. The molecule has 0 radical (unpaired) electrons. The summed E-state index contributed by atoms with van der Waals surface area (Å²) in [6.07, 6.45) is 7.60. The fraction of sp³-hybridized carbons (Fsp3) is 0.647. The molecule has 2 rings (SSSR count). The largest absolute Gasteiger partial charge is 0.454 e. The normalized spacial score (nSPS) is 21.9. The zero-order valence-corrected chi connectivity index (χ0v) is 14.1. The van der Waals surface area contributed by atoms with Gasteiger partial charge in [-0.1, -0.05) is 19.8 Å². The van der Waals surface area contributed by atoms with Crippen LogP contribution in [0.4, 0.5) is 0 Å². The zero-order valence-electron chi connectivity index (χ0n) is 14.1. The third kappa shape index (κ3) is 5.30. The van der Waals surface area contributed by atoms with Gasteiger partial charge in [0.15, 0.2) is 11.7 Å². The molecule has 23 heavy (non-hydrogen) atoms. The van der Waals surface area contributed by atoms with E-state index in [4.69, 9.17) is 10.2 Å². The summed E-state index contributed by atoms with van der Waals surface area (Å²) in [6, 6.07) is 3.81. The highest BCUT2D eigenvalue weighted by atomic mass is 16.3. The van der Waals surface area contributed by atoms with Crippen LogP contribution in [0.1, 0.15) is 61.8 Å². The molecule has 1 aromatic heterocycles. The highest BCUT2D eigenvalue weighted by molar-refractivity contribution is 5.89. The quantitative estimate of drug-likeness (QED) is 0.554. The first-order valence-corrected chi connectivity index (χ1v) is 8.48. The molecular formula is C17H28N4O2. The van der Waals surface area contributed by atoms with Gasteiger partial charge in [-0.15, -0.1) is 0 Å². The molecule has 1 aliphatic carbocycles. The van der Waals surface area contributed by atoms with Crippen molar-refractivity contribution in [1.29, 1.82) is 0 Å². The Balaban J connectivity index is 1.76. The van der Waals surface area contributed by atoms with Crippen LogP contribution in [0.5, 0.6) is 0 Å². The van der Waals surface area contributed by atoms with Crippen LogP contribution >= 0.6 is 0 Å². The average Bonchev–Trinajstić information content (AvgIpc) is 3.02. The van der Waals surface area contributed by atoms with Crippen molar-refractivity contribution in [3.05, 3.63) is 23.7 Å². The van der Waals surface area contributed by atoms with Crippen LogP contribution in [-0.2, 0) is 6.54 Å². The minimum absolute atomic E-state index is 0.180. The predicted molar refractivity (Wildman–Crippen MR) is 91.2 cm³/mol. The SMILES string of the molecule is CCCC1CCC(NC(=NC)NCc2ccc(C(N)=O)o2)CC1. The number of amides is 1. The number of carbonyl (C=O) groups is 1. The van der Waals surface area contributed by atoms with Gasteiger partial charge in [-0.25, -0.2) is 0 Å². The zero-order chi connectivity index (χ0) is 16.7. The van der Waals surface area contributed by atoms with E-state index in [2.05, 4.69) is 22.5 Å². The van der Waals surface area contributed by atoms with E-state index < -0.39 is 5.91 Å². The van der Waals surface area contributed by atoms with E-state index in [1.54, 1.807) is 19.2 Å². The van der Waals surface area contributed by atoms with Crippen molar-refractivity contribution >= 4 is 11.9 Å². The monoisotopic (exact) mass is 320 g/mol. The molecule has 1 amide bonds. The summed E-state index contributed by atoms with van der Waals surface area (Å²) in [7, 11) is 1.76. The molecule has 0 saturated heterocycles. The third-order valence-corrected chi connectivity index (χ3v) is 4.44. The number of carbonyl (C=O) groups excluding carboxylic acids is 1. The Hall–Kier alpha value is -1.98. The number of furan rings is 1. The standard InChI is InChI=1S/C17H28N4O2/c1-3-4-12-5-7-13(8-6-12)21-17(19-2)20-11-14-9-10-15(23-14)16(18)22/h9-10,12-13H,3-8,11H2,1-2H3,(H2,18,22)(H2,19,20,21). The van der Waals surface area contributed by atoms with E-state index in [1.165, 1.54) is 38.5 Å². The van der Waals surface area contributed by atoms with Crippen LogP contribution < -0.4 is 16.4 Å². The number of aliphatic imine (C=N–C) groups is 1. The molecule has 0 unspecified atom stereocenters. The Morgan fingerprint density at radius 3 is 2.65 bits per heavy atom. The molecule has 0 spiro atoms. The van der Waals surface area contributed by atoms with Crippen LogP contribution in [-0.4, -0.2) is 25.0 Å². The second-order valence-corrected chi connectivity index (χ2v) is 6.21. The fourth-order valence-electron chi connectivity index (χ4n) is 3.17. The summed E-state index contributed by atoms with van der Waals surface area (Å²) in [5.41, 5.74) is 5.18. The maximum absolute atomic E-state index is 11.0. The molecule has 0 aliphatic heterocycles. The van der Waals surface area contributed by atoms with Gasteiger partial charge >= 0.3 is 0 Å². The van der Waals surface area contributed by atoms with E-state index in [9.17, 15) is 4.79 Å². The van der Waals surface area contributed by atoms with Crippen LogP contribution in [0.25, 0.3) is 0 Å². The van der Waals surface area contributed by atoms with Crippen molar-refractivity contribution in [2.24, 2.45) is 16.6 Å². The first kappa shape index (κ1) is 17.4. The molecule has 1 aliphatic rings. The average molecular weight is 320 g/mol. The molecule has 0 aromatic carbocycles. The third-order valence-electron chi connectivity index (χ3n) is 4.44. The van der Waals surface area contributed by atoms with Crippen LogP contribution in [0, 0.1) is 5.92 Å². The van der Waals surface area contributed by atoms with Gasteiger partial charge in [0.25, 0.3) is 5.91 Å². The topological polar surface area (TPSA) is 92.6 Å². The van der Waals surface area contributed by atoms with Crippen molar-refractivity contribution in [3.8, 4) is 0 Å². The molecule has 1 saturated carbocycles. The molecular weight excluding hydrogens is 292 g/mol. The lowest BCUT2D eigenvalue weighted by Gasteiger charge is -2.30. The summed E-state index contributed by atoms with van der Waals surface area (Å²) >= 11 is 0. The number of nitrogens with two attached hydrogens (primary N) is 1. The lowest BCUT2D eigenvalue weighted by Crippen LogP contribution is -2.44. The number of hydrogen-bond donors (Lipinski definition) is 3. The second kappa shape index (κ2) is 8.60. The summed E-state index contributed by atoms with van der Waals surface area (Å²) in [6.45, 7) is 2.73. The molecule has 1 fully saturated rings. The van der Waals surface area contributed by atoms with Gasteiger partial charge in [-0.05, 0) is 43.7 Å². The van der Waals surface area contributed by atoms with Gasteiger partial charge in [-0.2, -0.15) is 0 Å². The number of hydrogen-bond acceptors (Lipinski definition) is 3. The molecule has 128 valence electrons. The first-order chi connectivity index (χ1) is 11.1. The van der Waals surface area contributed by atoms with Crippen LogP contribution in [0.15, 0.2) is 21.5 Å². The summed E-state index contributed by atoms with van der Waals surface area (Å²) in [5, 5.41) is 6.69. The van der Waals surface area contributed by atoms with Crippen molar-refractivity contribution < 1.29 is 9.21 Å². The maximum atomic E-state index is 11.0. The highest BCUT2D eigenvalue weighted by Crippen LogP contribution is 2.27. The van der Waals surface area contributed by atoms with Gasteiger partial charge in [-0.3, -0.25) is 9.79 Å². The van der Waals surface area contributed by atoms with E-state index >= 15 is 0 Å². The van der Waals surface area contributed by atoms with Gasteiger partial charge in [0.1, 0.15) is 5.76 Å². The number of nitrogens with zero attached hydrogens (tertiary/aromatic N) is 1. The number of primary amides is 1. The number of guanidine groups is 1. The molecule has 0 atom stereocenters. The molecule has 6 nitrogen and oxygen atoms in total. The molecule has 0 bridgehead atoms. The lowest BCUT2D eigenvalue weighted by molar-refractivity contribution is 0.0972. The fourth-order valence-corrected chi connectivity index (χ4v) is 3.17. The van der Waals surface area contributed by atoms with E-state index in [1.807, 2.05) is 0 Å². The molecule has 4 N–H and O–H groups in total. The Bertz CT molecular complexity index is 530. The van der Waals surface area contributed by atoms with Crippen LogP contribution in [0.3, 0.4) is 0 Å². The van der Waals surface area contributed by atoms with Gasteiger partial charge in [0.2, 0.25) is 0 Å². The Morgan fingerprint density at radius 1 is 1.35 bits per heavy atom. The highest BCUT2D eigenvalue weighted by Gasteiger charge is 2.21. The van der Waals surface area contributed by atoms with Gasteiger partial charge in [0, 0.05) is 13.1 Å². The number of nitrogens with one attached hydrogen (secondary N) is 2. The van der Waals surface area contributed by atoms with E-state index in [0.717, 1.165) is 11.9 Å². The molecule has 6 heteroatoms. The van der Waals surface area contributed by atoms with Crippen molar-refractivity contribution in [1.82, 2.24) is 10.6 Å². The Kier molecular flexibility index (Phi) is 6.50. The van der Waals surface area contributed by atoms with Crippen LogP contribution in [0.2, 0.25) is 0 Å². The smallest absolute Gasteiger partial charge is 0.284 e. The predicted octanol–water partition coefficient (Wildman–Crippen LogP) is 2.40. The minimum Gasteiger partial charge on any atom is -0.454 e. The Morgan fingerprint density at radius 2 is 2.09 bits per heavy atom. The number of rotatable bonds is 6. The summed E-state index contributed by atoms with van der Waals surface area (Å²) < 4.78 is 5.35. The maximum Gasteiger partial charge on any atom is 0.284 e. The van der Waals surface area contributed by atoms with Gasteiger partial charge < -0.3 is 20.8 Å². The van der Waals surface area contributed by atoms with Crippen molar-refractivity contribution in [2.45, 2.75) is 58.0 Å². The summed E-state index contributed by atoms with van der Waals surface area (Å²) in [5.74, 6) is 1.94. The van der Waals surface area contributed by atoms with E-state index in [0.29, 0.717) is 18.3 Å².